The topological polar surface area (TPSA) is 283 Å². The second-order valence-electron chi connectivity index (χ2n) is 21.8. The van der Waals surface area contributed by atoms with E-state index in [9.17, 15) is 47.9 Å². The fraction of sp³-hybridized carbons (Fsp3) is 0.811. The quantitative estimate of drug-likeness (QED) is 0.0449. The van der Waals surface area contributed by atoms with Crippen molar-refractivity contribution in [1.29, 1.82) is 0 Å². The fourth-order valence-electron chi connectivity index (χ4n) is 8.36. The molecule has 7 N–H and O–H groups in total. The van der Waals surface area contributed by atoms with Gasteiger partial charge in [-0.25, -0.2) is 4.79 Å². The SMILES string of the molecule is CCC(C)CCCCCCC1CC(=O)N[C@H](CCC(=O)OC)C(=O)N[C@@H](CC(C)C)C(=O)NC(CC(C)C)C(=O)N[C@@H](C(C)C)C(=O)N[C@@H](CC(=O)OC)C(=O)N[C@H](CC(C)C)C(=O)N[C@@H](CC(C)C)C(=O)O1. The Morgan fingerprint density at radius 2 is 0.932 bits per heavy atom. The van der Waals surface area contributed by atoms with Crippen molar-refractivity contribution in [3.8, 4) is 0 Å². The molecule has 0 radical (unpaired) electrons. The Morgan fingerprint density at radius 3 is 1.40 bits per heavy atom. The number of amides is 7. The molecule has 1 fully saturated rings. The Morgan fingerprint density at radius 1 is 0.507 bits per heavy atom. The van der Waals surface area contributed by atoms with Gasteiger partial charge in [0.15, 0.2) is 0 Å². The lowest BCUT2D eigenvalue weighted by molar-refractivity contribution is -0.155. The molecule has 1 saturated heterocycles. The fourth-order valence-corrected chi connectivity index (χ4v) is 8.36. The van der Waals surface area contributed by atoms with Gasteiger partial charge in [-0.1, -0.05) is 115 Å². The molecule has 0 saturated carbocycles. The smallest absolute Gasteiger partial charge is 0.328 e. The van der Waals surface area contributed by atoms with Crippen molar-refractivity contribution < 1.29 is 62.2 Å². The molecule has 0 aromatic heterocycles. The summed E-state index contributed by atoms with van der Waals surface area (Å²) < 4.78 is 15.8. The molecule has 0 aromatic carbocycles. The Bertz CT molecular complexity index is 1810. The first-order valence-electron chi connectivity index (χ1n) is 26.7. The van der Waals surface area contributed by atoms with Gasteiger partial charge in [-0.3, -0.25) is 43.2 Å². The molecule has 0 aliphatic carbocycles. The van der Waals surface area contributed by atoms with Gasteiger partial charge in [0.05, 0.1) is 27.1 Å². The summed E-state index contributed by atoms with van der Waals surface area (Å²) in [6.45, 7) is 22.3. The molecule has 7 amide bonds. The summed E-state index contributed by atoms with van der Waals surface area (Å²) in [5.41, 5.74) is 0. The molecule has 20 nitrogen and oxygen atoms in total. The van der Waals surface area contributed by atoms with Crippen molar-refractivity contribution >= 4 is 59.3 Å². The molecule has 73 heavy (non-hydrogen) atoms. The van der Waals surface area contributed by atoms with E-state index in [1.54, 1.807) is 13.8 Å². The van der Waals surface area contributed by atoms with Gasteiger partial charge in [0.2, 0.25) is 41.4 Å². The van der Waals surface area contributed by atoms with Gasteiger partial charge in [-0.05, 0) is 80.5 Å². The molecule has 0 aromatic rings. The van der Waals surface area contributed by atoms with E-state index in [4.69, 9.17) is 14.2 Å². The van der Waals surface area contributed by atoms with Crippen LogP contribution in [0.5, 0.6) is 0 Å². The van der Waals surface area contributed by atoms with Crippen molar-refractivity contribution in [2.75, 3.05) is 14.2 Å². The van der Waals surface area contributed by atoms with Crippen LogP contribution >= 0.6 is 0 Å². The Hall–Kier alpha value is -5.30. The monoisotopic (exact) mass is 1040 g/mol. The van der Waals surface area contributed by atoms with Crippen LogP contribution in [0.2, 0.25) is 0 Å². The third-order valence-electron chi connectivity index (χ3n) is 12.7. The maximum Gasteiger partial charge on any atom is 0.328 e. The summed E-state index contributed by atoms with van der Waals surface area (Å²) >= 11 is 0. The van der Waals surface area contributed by atoms with Crippen LogP contribution in [-0.4, -0.2) is 122 Å². The number of ether oxygens (including phenoxy) is 3. The number of unbranched alkanes of at least 4 members (excludes halogenated alkanes) is 3. The Kier molecular flexibility index (Phi) is 30.8. The molecule has 418 valence electrons. The highest BCUT2D eigenvalue weighted by atomic mass is 16.5. The first-order valence-corrected chi connectivity index (χ1v) is 26.7. The zero-order valence-electron chi connectivity index (χ0n) is 46.5. The number of methoxy groups -OCH3 is 2. The molecule has 0 spiro atoms. The van der Waals surface area contributed by atoms with Gasteiger partial charge in [-0.15, -0.1) is 0 Å². The van der Waals surface area contributed by atoms with Crippen LogP contribution in [0.3, 0.4) is 0 Å². The summed E-state index contributed by atoms with van der Waals surface area (Å²) in [4.78, 5) is 139. The molecule has 3 unspecified atom stereocenters. The van der Waals surface area contributed by atoms with Crippen LogP contribution in [0.15, 0.2) is 0 Å². The molecule has 1 heterocycles. The number of esters is 3. The first kappa shape index (κ1) is 65.7. The molecule has 0 bridgehead atoms. The minimum atomic E-state index is -1.59. The van der Waals surface area contributed by atoms with Crippen molar-refractivity contribution in [3.05, 3.63) is 0 Å². The second-order valence-corrected chi connectivity index (χ2v) is 21.8. The van der Waals surface area contributed by atoms with Crippen LogP contribution in [0, 0.1) is 35.5 Å². The summed E-state index contributed by atoms with van der Waals surface area (Å²) in [5.74, 6) is -8.42. The van der Waals surface area contributed by atoms with Crippen LogP contribution in [0.4, 0.5) is 0 Å². The Balaban J connectivity index is 4.06. The zero-order chi connectivity index (χ0) is 55.5. The maximum atomic E-state index is 14.3. The van der Waals surface area contributed by atoms with Gasteiger partial charge in [-0.2, -0.15) is 0 Å². The molecule has 9 atom stereocenters. The molecular formula is C53H93N7O13. The lowest BCUT2D eigenvalue weighted by Gasteiger charge is -2.29. The van der Waals surface area contributed by atoms with Crippen LogP contribution in [-0.2, 0) is 62.2 Å². The minimum absolute atomic E-state index is 0.0795. The average Bonchev–Trinajstić information content (AvgIpc) is 3.30. The van der Waals surface area contributed by atoms with Crippen molar-refractivity contribution in [2.45, 2.75) is 228 Å². The van der Waals surface area contributed by atoms with Crippen molar-refractivity contribution in [3.63, 3.8) is 0 Å². The predicted octanol–water partition coefficient (Wildman–Crippen LogP) is 4.44. The minimum Gasteiger partial charge on any atom is -0.469 e. The van der Waals surface area contributed by atoms with E-state index in [2.05, 4.69) is 51.1 Å². The van der Waals surface area contributed by atoms with E-state index < -0.39 is 120 Å². The van der Waals surface area contributed by atoms with Gasteiger partial charge >= 0.3 is 17.9 Å². The number of carbonyl (C=O) groups is 10. The number of hydrogen-bond acceptors (Lipinski definition) is 13. The largest absolute Gasteiger partial charge is 0.469 e. The van der Waals surface area contributed by atoms with Gasteiger partial charge in [0.1, 0.15) is 48.4 Å². The van der Waals surface area contributed by atoms with Crippen LogP contribution in [0.25, 0.3) is 0 Å². The lowest BCUT2D eigenvalue weighted by Crippen LogP contribution is -2.61. The third-order valence-corrected chi connectivity index (χ3v) is 12.7. The molecule has 1 aliphatic rings. The highest BCUT2D eigenvalue weighted by molar-refractivity contribution is 5.98. The van der Waals surface area contributed by atoms with Gasteiger partial charge in [0.25, 0.3) is 0 Å². The average molecular weight is 1040 g/mol. The van der Waals surface area contributed by atoms with E-state index in [0.717, 1.165) is 39.2 Å². The number of cyclic esters (lactones) is 1. The summed E-state index contributed by atoms with van der Waals surface area (Å²) in [6, 6.07) is -9.21. The van der Waals surface area contributed by atoms with Gasteiger partial charge in [0, 0.05) is 6.42 Å². The number of rotatable bonds is 22. The van der Waals surface area contributed by atoms with E-state index >= 15 is 0 Å². The van der Waals surface area contributed by atoms with E-state index in [1.165, 1.54) is 7.11 Å². The van der Waals surface area contributed by atoms with E-state index in [1.807, 2.05) is 55.4 Å². The van der Waals surface area contributed by atoms with E-state index in [0.29, 0.717) is 12.3 Å². The normalized spacial score (nSPS) is 24.3. The summed E-state index contributed by atoms with van der Waals surface area (Å²) in [6.07, 6.45) is 3.57. The van der Waals surface area contributed by atoms with Crippen LogP contribution < -0.4 is 37.2 Å². The number of nitrogens with one attached hydrogen (secondary N) is 7. The molecule has 1 aliphatic heterocycles. The molecular weight excluding hydrogens is 943 g/mol. The van der Waals surface area contributed by atoms with Gasteiger partial charge < -0.3 is 51.4 Å². The standard InChI is InChI=1S/C53H93N7O13/c1-15-35(12)20-18-16-17-19-21-36-28-43(61)54-37(22-23-44(62)71-13)47(64)55-38(24-30(2)3)48(65)57-40(26-32(6)7)51(68)60-46(34(10)11)52(69)58-41(29-45(63)72-14)50(67)56-39(25-31(4)5)49(66)59-42(27-33(8)9)53(70)73-36/h30-42,46H,15-29H2,1-14H3,(H,54,61)(H,55,64)(H,56,67)(H,57,65)(H,58,69)(H,59,66)(H,60,68)/t35?,36?,37-,38+,39-,40?,41+,42+,46+/m1/s1. The Labute approximate surface area is 435 Å². The maximum absolute atomic E-state index is 14.3. The zero-order valence-corrected chi connectivity index (χ0v) is 46.5. The highest BCUT2D eigenvalue weighted by Crippen LogP contribution is 2.19. The molecule has 1 rings (SSSR count). The first-order chi connectivity index (χ1) is 34.2. The van der Waals surface area contributed by atoms with Crippen molar-refractivity contribution in [1.82, 2.24) is 37.2 Å². The second kappa shape index (κ2) is 34.2. The summed E-state index contributed by atoms with van der Waals surface area (Å²) in [5, 5.41) is 18.9. The van der Waals surface area contributed by atoms with Crippen LogP contribution in [0.1, 0.15) is 179 Å². The third kappa shape index (κ3) is 26.5. The molecule has 20 heteroatoms. The lowest BCUT2D eigenvalue weighted by atomic mass is 9.98. The van der Waals surface area contributed by atoms with Crippen molar-refractivity contribution in [2.24, 2.45) is 35.5 Å². The predicted molar refractivity (Wildman–Crippen MR) is 276 cm³/mol. The van der Waals surface area contributed by atoms with E-state index in [-0.39, 0.29) is 75.0 Å². The highest BCUT2D eigenvalue weighted by Gasteiger charge is 2.37. The summed E-state index contributed by atoms with van der Waals surface area (Å²) in [7, 11) is 2.30. The number of carbonyl (C=O) groups excluding carboxylic acids is 10. The number of hydrogen-bond donors (Lipinski definition) is 7.